The molecule has 1 amide bonds. The molecule has 9 heteroatoms. The molecule has 1 aromatic heterocycles. The van der Waals surface area contributed by atoms with Crippen LogP contribution in [0.25, 0.3) is 0 Å². The molecule has 0 aliphatic carbocycles. The Morgan fingerprint density at radius 3 is 2.89 bits per heavy atom. The minimum Gasteiger partial charge on any atom is -0.380 e. The van der Waals surface area contributed by atoms with E-state index in [1.54, 1.807) is 12.4 Å². The van der Waals surface area contributed by atoms with Crippen molar-refractivity contribution in [1.29, 1.82) is 0 Å². The Morgan fingerprint density at radius 2 is 2.28 bits per heavy atom. The van der Waals surface area contributed by atoms with Crippen LogP contribution in [0.15, 0.2) is 0 Å². The smallest absolute Gasteiger partial charge is 0.380 e. The average molecular weight is 264 g/mol. The average Bonchev–Trinajstić information content (AvgIpc) is 2.68. The number of amides is 1. The number of carbonyl (C=O) groups excluding carboxylic acids is 1. The zero-order chi connectivity index (χ0) is 13.3. The normalized spacial score (nSPS) is 19.4. The van der Waals surface area contributed by atoms with E-state index in [9.17, 15) is 18.0 Å². The van der Waals surface area contributed by atoms with E-state index in [0.717, 1.165) is 6.42 Å². The fourth-order valence-corrected chi connectivity index (χ4v) is 1.70. The van der Waals surface area contributed by atoms with Crippen LogP contribution >= 0.6 is 0 Å². The Morgan fingerprint density at radius 1 is 1.56 bits per heavy atom. The summed E-state index contributed by atoms with van der Waals surface area (Å²) >= 11 is 0. The lowest BCUT2D eigenvalue weighted by Gasteiger charge is -2.20. The highest BCUT2D eigenvalue weighted by Crippen LogP contribution is 2.19. The van der Waals surface area contributed by atoms with Crippen molar-refractivity contribution < 1.29 is 22.7 Å². The van der Waals surface area contributed by atoms with E-state index >= 15 is 0 Å². The number of aromatic nitrogens is 3. The zero-order valence-corrected chi connectivity index (χ0v) is 9.49. The van der Waals surface area contributed by atoms with Crippen LogP contribution in [0, 0.1) is 0 Å². The van der Waals surface area contributed by atoms with Gasteiger partial charge in [0.2, 0.25) is 5.95 Å². The molecular formula is C9H11F3N4O2. The van der Waals surface area contributed by atoms with Gasteiger partial charge in [0.25, 0.3) is 0 Å². The Labute approximate surface area is 100 Å². The third-order valence-electron chi connectivity index (χ3n) is 2.63. The van der Waals surface area contributed by atoms with Crippen LogP contribution in [0.4, 0.5) is 19.1 Å². The highest BCUT2D eigenvalue weighted by Gasteiger charge is 2.39. The maximum atomic E-state index is 12.0. The number of methoxy groups -OCH3 is 1. The van der Waals surface area contributed by atoms with Gasteiger partial charge in [-0.15, -0.1) is 5.10 Å². The van der Waals surface area contributed by atoms with Crippen molar-refractivity contribution in [3.8, 4) is 0 Å². The van der Waals surface area contributed by atoms with E-state index in [-0.39, 0.29) is 12.1 Å². The molecule has 1 aliphatic heterocycles. The molecule has 100 valence electrons. The zero-order valence-electron chi connectivity index (χ0n) is 9.49. The monoisotopic (exact) mass is 264 g/mol. The van der Waals surface area contributed by atoms with Crippen LogP contribution in [-0.4, -0.2) is 40.1 Å². The van der Waals surface area contributed by atoms with Gasteiger partial charge in [0.05, 0.1) is 12.6 Å². The second-order valence-corrected chi connectivity index (χ2v) is 3.88. The summed E-state index contributed by atoms with van der Waals surface area (Å²) < 4.78 is 42.7. The number of fused-ring (bicyclic) bond motifs is 1. The molecule has 6 nitrogen and oxygen atoms in total. The molecule has 0 saturated heterocycles. The molecular weight excluding hydrogens is 253 g/mol. The van der Waals surface area contributed by atoms with Crippen molar-refractivity contribution in [3.63, 3.8) is 0 Å². The summed E-state index contributed by atoms with van der Waals surface area (Å²) in [6.07, 6.45) is -3.71. The van der Waals surface area contributed by atoms with E-state index in [2.05, 4.69) is 10.1 Å². The quantitative estimate of drug-likeness (QED) is 0.855. The standard InChI is InChI=1S/C9H11F3N4O2/c1-18-5-2-3-6-13-8(15-16(6)4-5)14-7(17)9(10,11)12/h5H,2-4H2,1H3,(H,14,15,17). The fourth-order valence-electron chi connectivity index (χ4n) is 1.70. The Balaban J connectivity index is 2.09. The lowest BCUT2D eigenvalue weighted by Crippen LogP contribution is -2.30. The van der Waals surface area contributed by atoms with Gasteiger partial charge in [-0.25, -0.2) is 4.68 Å². The summed E-state index contributed by atoms with van der Waals surface area (Å²) in [5.74, 6) is -1.86. The van der Waals surface area contributed by atoms with Crippen LogP contribution in [-0.2, 0) is 22.5 Å². The molecule has 1 aliphatic rings. The highest BCUT2D eigenvalue weighted by atomic mass is 19.4. The summed E-state index contributed by atoms with van der Waals surface area (Å²) in [7, 11) is 1.55. The van der Waals surface area contributed by atoms with E-state index in [1.165, 1.54) is 4.68 Å². The maximum Gasteiger partial charge on any atom is 0.471 e. The van der Waals surface area contributed by atoms with Crippen molar-refractivity contribution in [1.82, 2.24) is 14.8 Å². The first kappa shape index (κ1) is 12.8. The number of carbonyl (C=O) groups is 1. The lowest BCUT2D eigenvalue weighted by atomic mass is 10.1. The van der Waals surface area contributed by atoms with E-state index in [0.29, 0.717) is 18.8 Å². The van der Waals surface area contributed by atoms with Crippen molar-refractivity contribution >= 4 is 11.9 Å². The Kier molecular flexibility index (Phi) is 3.24. The third-order valence-corrected chi connectivity index (χ3v) is 2.63. The number of anilines is 1. The molecule has 0 spiro atoms. The number of halogens is 3. The molecule has 0 radical (unpaired) electrons. The lowest BCUT2D eigenvalue weighted by molar-refractivity contribution is -0.167. The van der Waals surface area contributed by atoms with Crippen molar-refractivity contribution in [2.75, 3.05) is 12.4 Å². The minimum absolute atomic E-state index is 0.0367. The molecule has 1 atom stereocenters. The van der Waals surface area contributed by atoms with Gasteiger partial charge in [0, 0.05) is 13.5 Å². The molecule has 1 aromatic rings. The first-order valence-electron chi connectivity index (χ1n) is 5.25. The predicted molar refractivity (Wildman–Crippen MR) is 53.8 cm³/mol. The second kappa shape index (κ2) is 4.56. The van der Waals surface area contributed by atoms with Crippen LogP contribution in [0.2, 0.25) is 0 Å². The fraction of sp³-hybridized carbons (Fsp3) is 0.667. The molecule has 2 rings (SSSR count). The first-order chi connectivity index (χ1) is 8.40. The summed E-state index contributed by atoms with van der Waals surface area (Å²) in [6, 6.07) is 0. The molecule has 1 unspecified atom stereocenters. The number of nitrogens with zero attached hydrogens (tertiary/aromatic N) is 3. The topological polar surface area (TPSA) is 69.0 Å². The van der Waals surface area contributed by atoms with Crippen LogP contribution in [0.3, 0.4) is 0 Å². The molecule has 18 heavy (non-hydrogen) atoms. The number of hydrogen-bond donors (Lipinski definition) is 1. The molecule has 0 bridgehead atoms. The molecule has 0 aromatic carbocycles. The number of ether oxygens (including phenoxy) is 1. The van der Waals surface area contributed by atoms with Crippen LogP contribution in [0.5, 0.6) is 0 Å². The number of rotatable bonds is 2. The number of alkyl halides is 3. The van der Waals surface area contributed by atoms with Gasteiger partial charge in [-0.2, -0.15) is 18.2 Å². The van der Waals surface area contributed by atoms with Gasteiger partial charge in [0.1, 0.15) is 5.82 Å². The number of nitrogens with one attached hydrogen (secondary N) is 1. The van der Waals surface area contributed by atoms with Crippen molar-refractivity contribution in [2.45, 2.75) is 31.7 Å². The highest BCUT2D eigenvalue weighted by molar-refractivity contribution is 5.93. The Hall–Kier alpha value is -1.64. The molecule has 2 heterocycles. The third kappa shape index (κ3) is 2.61. The van der Waals surface area contributed by atoms with Crippen LogP contribution in [0.1, 0.15) is 12.2 Å². The predicted octanol–water partition coefficient (Wildman–Crippen LogP) is 0.740. The number of aryl methyl sites for hydroxylation is 1. The Bertz CT molecular complexity index is 457. The largest absolute Gasteiger partial charge is 0.471 e. The van der Waals surface area contributed by atoms with E-state index < -0.39 is 12.1 Å². The summed E-state index contributed by atoms with van der Waals surface area (Å²) in [4.78, 5) is 14.6. The van der Waals surface area contributed by atoms with Gasteiger partial charge < -0.3 is 4.74 Å². The van der Waals surface area contributed by atoms with Gasteiger partial charge >= 0.3 is 12.1 Å². The SMILES string of the molecule is COC1CCc2nc(NC(=O)C(F)(F)F)nn2C1. The van der Waals surface area contributed by atoms with Crippen molar-refractivity contribution in [3.05, 3.63) is 5.82 Å². The van der Waals surface area contributed by atoms with Crippen LogP contribution < -0.4 is 5.32 Å². The van der Waals surface area contributed by atoms with E-state index in [1.807, 2.05) is 0 Å². The van der Waals surface area contributed by atoms with Gasteiger partial charge in [-0.3, -0.25) is 10.1 Å². The molecule has 1 N–H and O–H groups in total. The van der Waals surface area contributed by atoms with Gasteiger partial charge in [-0.1, -0.05) is 0 Å². The van der Waals surface area contributed by atoms with Gasteiger partial charge in [0.15, 0.2) is 0 Å². The molecule has 0 fully saturated rings. The minimum atomic E-state index is -4.94. The van der Waals surface area contributed by atoms with Gasteiger partial charge in [-0.05, 0) is 6.42 Å². The van der Waals surface area contributed by atoms with E-state index in [4.69, 9.17) is 4.74 Å². The number of hydrogen-bond acceptors (Lipinski definition) is 4. The first-order valence-corrected chi connectivity index (χ1v) is 5.25. The summed E-state index contributed by atoms with van der Waals surface area (Å²) in [6.45, 7) is 0.417. The van der Waals surface area contributed by atoms with Crippen molar-refractivity contribution in [2.24, 2.45) is 0 Å². The maximum absolute atomic E-state index is 12.0. The summed E-state index contributed by atoms with van der Waals surface area (Å²) in [5, 5.41) is 5.42. The summed E-state index contributed by atoms with van der Waals surface area (Å²) in [5.41, 5.74) is 0. The molecule has 0 saturated carbocycles. The second-order valence-electron chi connectivity index (χ2n) is 3.88.